The molecule has 0 aliphatic carbocycles. The highest BCUT2D eigenvalue weighted by Crippen LogP contribution is 2.08. The fraction of sp³-hybridized carbons (Fsp3) is 0.429. The van der Waals surface area contributed by atoms with Crippen molar-refractivity contribution in [2.24, 2.45) is 10.9 Å². The van der Waals surface area contributed by atoms with Gasteiger partial charge in [-0.3, -0.25) is 4.79 Å². The second-order valence-electron chi connectivity index (χ2n) is 4.91. The fourth-order valence-corrected chi connectivity index (χ4v) is 1.74. The molecule has 110 valence electrons. The van der Waals surface area contributed by atoms with Crippen molar-refractivity contribution in [3.63, 3.8) is 0 Å². The van der Waals surface area contributed by atoms with Crippen LogP contribution in [0, 0.1) is 0 Å². The lowest BCUT2D eigenvalue weighted by molar-refractivity contribution is -0.123. The van der Waals surface area contributed by atoms with Gasteiger partial charge in [-0.25, -0.2) is 0 Å². The van der Waals surface area contributed by atoms with Gasteiger partial charge in [0.1, 0.15) is 0 Å². The summed E-state index contributed by atoms with van der Waals surface area (Å²) in [6, 6.07) is 7.10. The number of carbonyl (C=O) groups excluding carboxylic acids is 1. The molecule has 0 aliphatic rings. The van der Waals surface area contributed by atoms with Crippen LogP contribution in [0.25, 0.3) is 0 Å². The summed E-state index contributed by atoms with van der Waals surface area (Å²) in [7, 11) is 0. The molecule has 0 heterocycles. The molecule has 20 heavy (non-hydrogen) atoms. The van der Waals surface area contributed by atoms with Gasteiger partial charge in [-0.15, -0.1) is 0 Å². The van der Waals surface area contributed by atoms with E-state index < -0.39 is 0 Å². The maximum atomic E-state index is 11.8. The van der Waals surface area contributed by atoms with Crippen molar-refractivity contribution >= 4 is 11.7 Å². The van der Waals surface area contributed by atoms with Gasteiger partial charge in [0.15, 0.2) is 5.84 Å². The van der Waals surface area contributed by atoms with Gasteiger partial charge < -0.3 is 21.6 Å². The summed E-state index contributed by atoms with van der Waals surface area (Å²) in [5, 5.41) is 17.7. The molecule has 0 saturated carbocycles. The Morgan fingerprint density at radius 3 is 2.60 bits per heavy atom. The number of nitrogens with two attached hydrogens (primary N) is 1. The van der Waals surface area contributed by atoms with Crippen LogP contribution in [-0.4, -0.2) is 29.0 Å². The zero-order valence-corrected chi connectivity index (χ0v) is 12.1. The molecule has 1 amide bonds. The van der Waals surface area contributed by atoms with Crippen molar-refractivity contribution in [1.29, 1.82) is 0 Å². The van der Waals surface area contributed by atoms with Gasteiger partial charge in [0.2, 0.25) is 5.91 Å². The molecule has 6 heteroatoms. The maximum Gasteiger partial charge on any atom is 0.237 e. The van der Waals surface area contributed by atoms with Gasteiger partial charge in [0.25, 0.3) is 0 Å². The lowest BCUT2D eigenvalue weighted by atomic mass is 10.1. The molecule has 0 saturated heterocycles. The maximum absolute atomic E-state index is 11.8. The molecule has 1 rings (SSSR count). The minimum Gasteiger partial charge on any atom is -0.409 e. The minimum atomic E-state index is -0.322. The molecule has 1 unspecified atom stereocenters. The van der Waals surface area contributed by atoms with E-state index in [1.165, 1.54) is 0 Å². The van der Waals surface area contributed by atoms with Gasteiger partial charge >= 0.3 is 0 Å². The van der Waals surface area contributed by atoms with Crippen LogP contribution in [0.3, 0.4) is 0 Å². The van der Waals surface area contributed by atoms with Crippen molar-refractivity contribution in [2.75, 3.05) is 0 Å². The number of benzene rings is 1. The Hall–Kier alpha value is -2.08. The lowest BCUT2D eigenvalue weighted by Gasteiger charge is -2.17. The van der Waals surface area contributed by atoms with Crippen LogP contribution in [0.4, 0.5) is 0 Å². The topological polar surface area (TPSA) is 99.7 Å². The lowest BCUT2D eigenvalue weighted by Crippen LogP contribution is -2.44. The van der Waals surface area contributed by atoms with Gasteiger partial charge in [0.05, 0.1) is 6.04 Å². The molecule has 0 radical (unpaired) electrons. The van der Waals surface area contributed by atoms with E-state index >= 15 is 0 Å². The van der Waals surface area contributed by atoms with Crippen LogP contribution in [0.2, 0.25) is 0 Å². The summed E-state index contributed by atoms with van der Waals surface area (Å²) in [6.45, 7) is 6.08. The Labute approximate surface area is 119 Å². The van der Waals surface area contributed by atoms with E-state index in [1.54, 1.807) is 13.0 Å². The first-order valence-corrected chi connectivity index (χ1v) is 6.55. The van der Waals surface area contributed by atoms with Crippen molar-refractivity contribution in [3.8, 4) is 0 Å². The average Bonchev–Trinajstić information content (AvgIpc) is 2.43. The van der Waals surface area contributed by atoms with Crippen molar-refractivity contribution in [3.05, 3.63) is 35.4 Å². The summed E-state index contributed by atoms with van der Waals surface area (Å²) in [6.07, 6.45) is 0. The molecule has 0 aromatic heterocycles. The van der Waals surface area contributed by atoms with Crippen molar-refractivity contribution < 1.29 is 10.0 Å². The number of amidine groups is 1. The zero-order chi connectivity index (χ0) is 15.1. The van der Waals surface area contributed by atoms with E-state index in [0.29, 0.717) is 12.1 Å². The van der Waals surface area contributed by atoms with Crippen LogP contribution in [0.15, 0.2) is 29.4 Å². The first-order valence-electron chi connectivity index (χ1n) is 6.55. The Bertz CT molecular complexity index is 486. The number of amides is 1. The first kappa shape index (κ1) is 16.0. The summed E-state index contributed by atoms with van der Waals surface area (Å²) in [5.41, 5.74) is 7.14. The molecule has 0 fully saturated rings. The van der Waals surface area contributed by atoms with Gasteiger partial charge in [-0.2, -0.15) is 0 Å². The SMILES string of the molecule is CC(C)NC(=O)C(C)NCc1ccccc1/C(N)=N/O. The highest BCUT2D eigenvalue weighted by molar-refractivity contribution is 5.98. The number of hydrogen-bond donors (Lipinski definition) is 4. The quantitative estimate of drug-likeness (QED) is 0.267. The van der Waals surface area contributed by atoms with Gasteiger partial charge in [0, 0.05) is 18.2 Å². The predicted octanol–water partition coefficient (Wildman–Crippen LogP) is 0.784. The van der Waals surface area contributed by atoms with E-state index in [2.05, 4.69) is 15.8 Å². The number of nitrogens with zero attached hydrogens (tertiary/aromatic N) is 1. The minimum absolute atomic E-state index is 0.0544. The largest absolute Gasteiger partial charge is 0.409 e. The first-order chi connectivity index (χ1) is 9.45. The van der Waals surface area contributed by atoms with E-state index in [1.807, 2.05) is 32.0 Å². The molecule has 0 bridgehead atoms. The summed E-state index contributed by atoms with van der Waals surface area (Å²) in [4.78, 5) is 11.8. The van der Waals surface area contributed by atoms with Crippen LogP contribution < -0.4 is 16.4 Å². The normalized spacial score (nSPS) is 13.3. The number of oxime groups is 1. The van der Waals surface area contributed by atoms with Crippen LogP contribution >= 0.6 is 0 Å². The van der Waals surface area contributed by atoms with E-state index in [0.717, 1.165) is 5.56 Å². The molecule has 6 nitrogen and oxygen atoms in total. The molecule has 0 aliphatic heterocycles. The number of hydrogen-bond acceptors (Lipinski definition) is 4. The third-order valence-corrected chi connectivity index (χ3v) is 2.82. The molecule has 1 aromatic carbocycles. The summed E-state index contributed by atoms with van der Waals surface area (Å²) < 4.78 is 0. The Morgan fingerprint density at radius 1 is 1.35 bits per heavy atom. The molecular weight excluding hydrogens is 256 g/mol. The Morgan fingerprint density at radius 2 is 2.00 bits per heavy atom. The summed E-state index contributed by atoms with van der Waals surface area (Å²) >= 11 is 0. The zero-order valence-electron chi connectivity index (χ0n) is 12.1. The second kappa shape index (κ2) is 7.49. The van der Waals surface area contributed by atoms with Crippen LogP contribution in [0.5, 0.6) is 0 Å². The van der Waals surface area contributed by atoms with E-state index in [4.69, 9.17) is 10.9 Å². The van der Waals surface area contributed by atoms with Crippen molar-refractivity contribution in [2.45, 2.75) is 39.4 Å². The molecule has 5 N–H and O–H groups in total. The highest BCUT2D eigenvalue weighted by Gasteiger charge is 2.14. The third-order valence-electron chi connectivity index (χ3n) is 2.82. The van der Waals surface area contributed by atoms with Crippen LogP contribution in [0.1, 0.15) is 31.9 Å². The highest BCUT2D eigenvalue weighted by atomic mass is 16.4. The predicted molar refractivity (Wildman–Crippen MR) is 78.5 cm³/mol. The third kappa shape index (κ3) is 4.55. The van der Waals surface area contributed by atoms with Crippen molar-refractivity contribution in [1.82, 2.24) is 10.6 Å². The number of rotatable bonds is 6. The smallest absolute Gasteiger partial charge is 0.237 e. The Balaban J connectivity index is 2.68. The monoisotopic (exact) mass is 278 g/mol. The van der Waals surface area contributed by atoms with Gasteiger partial charge in [-0.1, -0.05) is 29.4 Å². The Kier molecular flexibility index (Phi) is 5.99. The number of carbonyl (C=O) groups is 1. The molecule has 1 atom stereocenters. The number of nitrogens with one attached hydrogen (secondary N) is 2. The van der Waals surface area contributed by atoms with Crippen LogP contribution in [-0.2, 0) is 11.3 Å². The molecular formula is C14H22N4O2. The standard InChI is InChI=1S/C14H22N4O2/c1-9(2)17-14(19)10(3)16-8-11-6-4-5-7-12(11)13(15)18-20/h4-7,9-10,16,20H,8H2,1-3H3,(H2,15,18)(H,17,19). The fourth-order valence-electron chi connectivity index (χ4n) is 1.74. The molecule has 1 aromatic rings. The molecule has 0 spiro atoms. The summed E-state index contributed by atoms with van der Waals surface area (Å²) in [5.74, 6) is 0.00274. The van der Waals surface area contributed by atoms with Gasteiger partial charge in [-0.05, 0) is 26.3 Å². The van der Waals surface area contributed by atoms with E-state index in [9.17, 15) is 4.79 Å². The average molecular weight is 278 g/mol. The van der Waals surface area contributed by atoms with E-state index in [-0.39, 0.29) is 23.8 Å². The second-order valence-corrected chi connectivity index (χ2v) is 4.91.